The van der Waals surface area contributed by atoms with Crippen molar-refractivity contribution in [1.82, 2.24) is 10.3 Å². The number of aromatic nitrogens is 1. The number of carbonyl (C=O) groups is 1. The zero-order valence-corrected chi connectivity index (χ0v) is 12.5. The maximum absolute atomic E-state index is 12.2. The number of aliphatic hydroxyl groups excluding tert-OH is 1. The second kappa shape index (κ2) is 7.24. The minimum absolute atomic E-state index is 0.102. The number of rotatable bonds is 4. The van der Waals surface area contributed by atoms with Crippen LogP contribution in [0.1, 0.15) is 54.9 Å². The fourth-order valence-electron chi connectivity index (χ4n) is 2.92. The van der Waals surface area contributed by atoms with Crippen LogP contribution >= 0.6 is 0 Å². The summed E-state index contributed by atoms with van der Waals surface area (Å²) in [5, 5.41) is 11.7. The van der Waals surface area contributed by atoms with E-state index in [1.807, 2.05) is 0 Å². The number of nitrogens with one attached hydrogen (secondary N) is 1. The molecule has 1 aliphatic carbocycles. The van der Waals surface area contributed by atoms with Gasteiger partial charge >= 0.3 is 0 Å². The van der Waals surface area contributed by atoms with Crippen LogP contribution in [0.5, 0.6) is 0 Å². The average Bonchev–Trinajstić information content (AvgIpc) is 3.00. The molecule has 1 amide bonds. The Labute approximate surface area is 126 Å². The Bertz CT molecular complexity index is 551. The van der Waals surface area contributed by atoms with Crippen LogP contribution in [0.4, 0.5) is 0 Å². The number of aliphatic hydroxyl groups is 1. The first kappa shape index (κ1) is 15.5. The van der Waals surface area contributed by atoms with Crippen molar-refractivity contribution in [2.75, 3.05) is 13.2 Å². The van der Waals surface area contributed by atoms with Gasteiger partial charge in [-0.1, -0.05) is 31.6 Å². The zero-order valence-electron chi connectivity index (χ0n) is 12.5. The lowest BCUT2D eigenvalue weighted by Gasteiger charge is -2.27. The summed E-state index contributed by atoms with van der Waals surface area (Å²) in [4.78, 5) is 16.3. The highest BCUT2D eigenvalue weighted by Gasteiger charge is 2.32. The molecule has 1 saturated carbocycles. The summed E-state index contributed by atoms with van der Waals surface area (Å²) in [5.74, 6) is 5.22. The quantitative estimate of drug-likeness (QED) is 0.833. The molecular weight excluding hydrogens is 264 g/mol. The second-order valence-corrected chi connectivity index (χ2v) is 5.67. The van der Waals surface area contributed by atoms with Crippen LogP contribution in [0.25, 0.3) is 0 Å². The SMILES string of the molecule is CCC1(CNC(=O)c2cncc(C#CCO)c2)CCCC1. The standard InChI is InChI=1S/C17H22N2O2/c1-2-17(7-3-4-8-17)13-19-16(21)15-10-14(6-5-9-20)11-18-12-15/h10-12,20H,2-4,7-9,13H2,1H3,(H,19,21). The van der Waals surface area contributed by atoms with Crippen molar-refractivity contribution in [2.24, 2.45) is 5.41 Å². The molecule has 112 valence electrons. The van der Waals surface area contributed by atoms with Gasteiger partial charge in [0.25, 0.3) is 5.91 Å². The molecule has 1 aromatic rings. The van der Waals surface area contributed by atoms with Crippen molar-refractivity contribution < 1.29 is 9.90 Å². The third kappa shape index (κ3) is 4.05. The van der Waals surface area contributed by atoms with E-state index in [1.165, 1.54) is 25.7 Å². The van der Waals surface area contributed by atoms with Crippen molar-refractivity contribution in [3.05, 3.63) is 29.6 Å². The lowest BCUT2D eigenvalue weighted by atomic mass is 9.83. The summed E-state index contributed by atoms with van der Waals surface area (Å²) in [7, 11) is 0. The van der Waals surface area contributed by atoms with Gasteiger partial charge in [0.1, 0.15) is 6.61 Å². The molecule has 0 radical (unpaired) electrons. The van der Waals surface area contributed by atoms with Crippen LogP contribution in [0, 0.1) is 17.3 Å². The minimum Gasteiger partial charge on any atom is -0.384 e. The van der Waals surface area contributed by atoms with Gasteiger partial charge in [0.2, 0.25) is 0 Å². The molecule has 4 nitrogen and oxygen atoms in total. The smallest absolute Gasteiger partial charge is 0.252 e. The van der Waals surface area contributed by atoms with E-state index in [0.29, 0.717) is 11.1 Å². The molecule has 2 rings (SSSR count). The molecule has 1 heterocycles. The highest BCUT2D eigenvalue weighted by molar-refractivity contribution is 5.94. The molecule has 21 heavy (non-hydrogen) atoms. The van der Waals surface area contributed by atoms with E-state index in [2.05, 4.69) is 29.1 Å². The van der Waals surface area contributed by atoms with Gasteiger partial charge in [-0.2, -0.15) is 0 Å². The fraction of sp³-hybridized carbons (Fsp3) is 0.529. The summed E-state index contributed by atoms with van der Waals surface area (Å²) < 4.78 is 0. The Kier molecular flexibility index (Phi) is 5.35. The second-order valence-electron chi connectivity index (χ2n) is 5.67. The molecule has 1 fully saturated rings. The number of carbonyl (C=O) groups excluding carboxylic acids is 1. The van der Waals surface area contributed by atoms with Crippen molar-refractivity contribution in [3.8, 4) is 11.8 Å². The number of pyridine rings is 1. The van der Waals surface area contributed by atoms with Crippen LogP contribution in [-0.4, -0.2) is 29.1 Å². The van der Waals surface area contributed by atoms with Gasteiger partial charge in [0, 0.05) is 24.5 Å². The van der Waals surface area contributed by atoms with Gasteiger partial charge < -0.3 is 10.4 Å². The molecule has 0 aliphatic heterocycles. The third-order valence-electron chi connectivity index (χ3n) is 4.35. The number of amides is 1. The Hall–Kier alpha value is -1.86. The summed E-state index contributed by atoms with van der Waals surface area (Å²) in [6.07, 6.45) is 9.16. The Morgan fingerprint density at radius 2 is 2.19 bits per heavy atom. The largest absolute Gasteiger partial charge is 0.384 e. The molecule has 0 spiro atoms. The maximum atomic E-state index is 12.2. The van der Waals surface area contributed by atoms with Crippen molar-refractivity contribution in [3.63, 3.8) is 0 Å². The maximum Gasteiger partial charge on any atom is 0.252 e. The van der Waals surface area contributed by atoms with Gasteiger partial charge in [-0.05, 0) is 30.7 Å². The fourth-order valence-corrected chi connectivity index (χ4v) is 2.92. The molecule has 0 saturated heterocycles. The molecular formula is C17H22N2O2. The lowest BCUT2D eigenvalue weighted by molar-refractivity contribution is 0.0928. The van der Waals surface area contributed by atoms with Crippen molar-refractivity contribution in [2.45, 2.75) is 39.0 Å². The predicted octanol–water partition coefficient (Wildman–Crippen LogP) is 2.13. The van der Waals surface area contributed by atoms with Gasteiger partial charge in [0.15, 0.2) is 0 Å². The zero-order chi connectivity index (χ0) is 15.1. The van der Waals surface area contributed by atoms with Crippen LogP contribution in [-0.2, 0) is 0 Å². The summed E-state index contributed by atoms with van der Waals surface area (Å²) in [5.41, 5.74) is 1.43. The van der Waals surface area contributed by atoms with Crippen LogP contribution in [0.15, 0.2) is 18.5 Å². The molecule has 1 aliphatic rings. The van der Waals surface area contributed by atoms with Gasteiger partial charge in [-0.25, -0.2) is 0 Å². The van der Waals surface area contributed by atoms with E-state index < -0.39 is 0 Å². The van der Waals surface area contributed by atoms with E-state index in [-0.39, 0.29) is 17.9 Å². The Morgan fingerprint density at radius 1 is 1.43 bits per heavy atom. The minimum atomic E-state index is -0.199. The first-order valence-electron chi connectivity index (χ1n) is 7.52. The monoisotopic (exact) mass is 286 g/mol. The van der Waals surface area contributed by atoms with Gasteiger partial charge in [-0.15, -0.1) is 0 Å². The van der Waals surface area contributed by atoms with E-state index in [4.69, 9.17) is 5.11 Å². The summed E-state index contributed by atoms with van der Waals surface area (Å²) in [6, 6.07) is 1.71. The highest BCUT2D eigenvalue weighted by atomic mass is 16.2. The first-order chi connectivity index (χ1) is 10.2. The van der Waals surface area contributed by atoms with Crippen molar-refractivity contribution in [1.29, 1.82) is 0 Å². The number of hydrogen-bond donors (Lipinski definition) is 2. The topological polar surface area (TPSA) is 62.2 Å². The van der Waals surface area contributed by atoms with Crippen LogP contribution in [0.3, 0.4) is 0 Å². The van der Waals surface area contributed by atoms with E-state index in [0.717, 1.165) is 13.0 Å². The normalized spacial score (nSPS) is 16.1. The molecule has 0 unspecified atom stereocenters. The van der Waals surface area contributed by atoms with Gasteiger partial charge in [-0.3, -0.25) is 9.78 Å². The summed E-state index contributed by atoms with van der Waals surface area (Å²) >= 11 is 0. The average molecular weight is 286 g/mol. The molecule has 0 aromatic carbocycles. The van der Waals surface area contributed by atoms with Crippen LogP contribution in [0.2, 0.25) is 0 Å². The molecule has 4 heteroatoms. The molecule has 2 N–H and O–H groups in total. The van der Waals surface area contributed by atoms with E-state index in [9.17, 15) is 4.79 Å². The number of nitrogens with zero attached hydrogens (tertiary/aromatic N) is 1. The van der Waals surface area contributed by atoms with Crippen LogP contribution < -0.4 is 5.32 Å². The Balaban J connectivity index is 2.00. The molecule has 0 bridgehead atoms. The highest BCUT2D eigenvalue weighted by Crippen LogP contribution is 2.40. The lowest BCUT2D eigenvalue weighted by Crippen LogP contribution is -2.35. The third-order valence-corrected chi connectivity index (χ3v) is 4.35. The first-order valence-corrected chi connectivity index (χ1v) is 7.52. The molecule has 1 aromatic heterocycles. The van der Waals surface area contributed by atoms with E-state index >= 15 is 0 Å². The number of hydrogen-bond acceptors (Lipinski definition) is 3. The predicted molar refractivity (Wildman–Crippen MR) is 81.7 cm³/mol. The summed E-state index contributed by atoms with van der Waals surface area (Å²) in [6.45, 7) is 2.73. The van der Waals surface area contributed by atoms with E-state index in [1.54, 1.807) is 18.5 Å². The van der Waals surface area contributed by atoms with Crippen molar-refractivity contribution >= 4 is 5.91 Å². The molecule has 0 atom stereocenters. The van der Waals surface area contributed by atoms with Gasteiger partial charge in [0.05, 0.1) is 5.56 Å². The Morgan fingerprint density at radius 3 is 2.86 bits per heavy atom.